The van der Waals surface area contributed by atoms with Crippen molar-refractivity contribution >= 4 is 75.8 Å². The van der Waals surface area contributed by atoms with Gasteiger partial charge in [-0.15, -0.1) is 0 Å². The summed E-state index contributed by atoms with van der Waals surface area (Å²) in [6.07, 6.45) is 3.76. The average molecular weight is 1020 g/mol. The highest BCUT2D eigenvalue weighted by molar-refractivity contribution is 6.13. The van der Waals surface area contributed by atoms with Crippen molar-refractivity contribution in [3.05, 3.63) is 105 Å². The molecule has 22 nitrogen and oxygen atoms in total. The van der Waals surface area contributed by atoms with E-state index in [9.17, 15) is 58.2 Å². The van der Waals surface area contributed by atoms with E-state index >= 15 is 4.39 Å². The third-order valence-electron chi connectivity index (χ3n) is 13.7. The molecule has 0 saturated heterocycles. The molecule has 388 valence electrons. The second kappa shape index (κ2) is 21.8. The number of cyclic esters (lactones) is 1. The number of pyridine rings is 1. The van der Waals surface area contributed by atoms with E-state index in [-0.39, 0.29) is 38.8 Å². The minimum absolute atomic E-state index is 0.0104. The number of nitrogens with one attached hydrogen (secondary N) is 6. The molecule has 8 amide bonds. The van der Waals surface area contributed by atoms with Gasteiger partial charge in [-0.05, 0) is 66.5 Å². The number of carboxylic acid groups (broad SMARTS) is 1. The summed E-state index contributed by atoms with van der Waals surface area (Å²) >= 11 is 0. The predicted molar refractivity (Wildman–Crippen MR) is 258 cm³/mol. The van der Waals surface area contributed by atoms with Gasteiger partial charge in [-0.25, -0.2) is 14.2 Å². The number of ether oxygens (including phenoxy) is 1. The van der Waals surface area contributed by atoms with Crippen molar-refractivity contribution in [2.24, 2.45) is 0 Å². The Hall–Kier alpha value is -8.34. The SMILES string of the molecule is CC[C@@]1(O)C(=O)OCC2=C1C=C1c3nc4cc(F)c(C)c5c4c(c3CN1C2)[C@@H](NC(=O)CNC(=O)[C@H](Cc1ccccc1)NC(=O)CNC(=O)CNC(=O)[C@H](CC(=O)O)NC(=O)CCCN1C(=O)C=CC1=O)CC5. The van der Waals surface area contributed by atoms with E-state index < -0.39 is 115 Å². The number of esters is 1. The summed E-state index contributed by atoms with van der Waals surface area (Å²) in [4.78, 5) is 135. The van der Waals surface area contributed by atoms with Crippen molar-refractivity contribution in [3.63, 3.8) is 0 Å². The van der Waals surface area contributed by atoms with Crippen LogP contribution >= 0.6 is 0 Å². The van der Waals surface area contributed by atoms with Crippen LogP contribution in [-0.2, 0) is 72.1 Å². The van der Waals surface area contributed by atoms with Gasteiger partial charge in [-0.2, -0.15) is 0 Å². The lowest BCUT2D eigenvalue weighted by atomic mass is 9.81. The van der Waals surface area contributed by atoms with Gasteiger partial charge < -0.3 is 51.8 Å². The summed E-state index contributed by atoms with van der Waals surface area (Å²) in [6.45, 7) is 2.16. The first kappa shape index (κ1) is 52.0. The quantitative estimate of drug-likeness (QED) is 0.0532. The number of imide groups is 1. The monoisotopic (exact) mass is 1020 g/mol. The van der Waals surface area contributed by atoms with Crippen LogP contribution in [0.1, 0.15) is 78.6 Å². The van der Waals surface area contributed by atoms with Crippen molar-refractivity contribution in [3.8, 4) is 0 Å². The number of aliphatic hydroxyl groups is 1. The zero-order valence-corrected chi connectivity index (χ0v) is 40.4. The van der Waals surface area contributed by atoms with Crippen LogP contribution < -0.4 is 31.9 Å². The number of rotatable bonds is 20. The molecule has 4 atom stereocenters. The number of fused-ring (bicyclic) bond motifs is 4. The highest BCUT2D eigenvalue weighted by atomic mass is 19.1. The van der Waals surface area contributed by atoms with Crippen LogP contribution in [0.3, 0.4) is 0 Å². The topological polar surface area (TPSA) is 312 Å². The highest BCUT2D eigenvalue weighted by Crippen LogP contribution is 2.48. The Kier molecular flexibility index (Phi) is 15.3. The fraction of sp³-hybridized carbons (Fsp3) is 0.392. The Morgan fingerprint density at radius 3 is 2.26 bits per heavy atom. The largest absolute Gasteiger partial charge is 0.481 e. The molecule has 2 aromatic carbocycles. The number of nitrogens with zero attached hydrogens (tertiary/aromatic N) is 3. The Balaban J connectivity index is 0.882. The number of halogens is 1. The number of benzene rings is 2. The molecule has 8 N–H and O–H groups in total. The maximum Gasteiger partial charge on any atom is 0.343 e. The van der Waals surface area contributed by atoms with Crippen LogP contribution in [0.15, 0.2) is 65.8 Å². The molecule has 0 fully saturated rings. The van der Waals surface area contributed by atoms with E-state index in [0.29, 0.717) is 59.5 Å². The van der Waals surface area contributed by atoms with Crippen LogP contribution in [-0.4, -0.2) is 141 Å². The Labute approximate surface area is 422 Å². The maximum atomic E-state index is 15.4. The van der Waals surface area contributed by atoms with Crippen molar-refractivity contribution in [2.75, 3.05) is 39.3 Å². The van der Waals surface area contributed by atoms with E-state index in [1.807, 2.05) is 4.90 Å². The zero-order chi connectivity index (χ0) is 53.0. The van der Waals surface area contributed by atoms with Gasteiger partial charge >= 0.3 is 11.9 Å². The third kappa shape index (κ3) is 11.0. The molecule has 0 spiro atoms. The van der Waals surface area contributed by atoms with Gasteiger partial charge in [0.2, 0.25) is 35.4 Å². The number of aliphatic carboxylic acids is 1. The van der Waals surface area contributed by atoms with Gasteiger partial charge in [-0.1, -0.05) is 37.3 Å². The summed E-state index contributed by atoms with van der Waals surface area (Å²) in [7, 11) is 0. The zero-order valence-electron chi connectivity index (χ0n) is 40.4. The van der Waals surface area contributed by atoms with E-state index in [4.69, 9.17) is 9.72 Å². The number of carboxylic acids is 1. The molecule has 0 radical (unpaired) electrons. The normalized spacial score (nSPS) is 19.1. The molecular formula is C51H54FN9O13. The van der Waals surface area contributed by atoms with Crippen LogP contribution in [0.5, 0.6) is 0 Å². The molecular weight excluding hydrogens is 966 g/mol. The van der Waals surface area contributed by atoms with Gasteiger partial charge in [0, 0.05) is 67.2 Å². The maximum absolute atomic E-state index is 15.4. The third-order valence-corrected chi connectivity index (χ3v) is 13.7. The second-order valence-electron chi connectivity index (χ2n) is 18.6. The van der Waals surface area contributed by atoms with Crippen molar-refractivity contribution in [1.82, 2.24) is 46.7 Å². The van der Waals surface area contributed by atoms with Crippen LogP contribution in [0.2, 0.25) is 0 Å². The summed E-state index contributed by atoms with van der Waals surface area (Å²) < 4.78 is 20.8. The molecule has 5 heterocycles. The number of hydrogen-bond acceptors (Lipinski definition) is 14. The molecule has 0 bridgehead atoms. The standard InChI is InChI=1S/C51H54FN9O13/c1-3-51(73)31-17-37-47-30(24-60(37)23-28(31)25-74-50(51)72)46-33(12-11-29-26(2)32(52)18-34(59-47)45(29)46)56-41(65)22-55-48(70)35(16-27-8-5-4-6-9-27)58-40(64)21-53-39(63)20-54-49(71)36(19-44(68)69)57-38(62)10-7-15-61-42(66)13-14-43(61)67/h4-6,8-9,13-14,17-18,33,35-36,73H,3,7,10-12,15-16,19-25H2,1-2H3,(H,53,63)(H,54,71)(H,55,70)(H,56,65)(H,57,62)(H,58,64)(H,68,69)/t33-,35-,36-,51-/m0/s1. The molecule has 1 aromatic heterocycles. The Morgan fingerprint density at radius 2 is 1.55 bits per heavy atom. The van der Waals surface area contributed by atoms with Gasteiger partial charge in [0.05, 0.1) is 49.0 Å². The summed E-state index contributed by atoms with van der Waals surface area (Å²) in [5, 5.41) is 36.5. The van der Waals surface area contributed by atoms with Crippen molar-refractivity contribution in [1.29, 1.82) is 0 Å². The smallest absolute Gasteiger partial charge is 0.343 e. The van der Waals surface area contributed by atoms with E-state index in [1.165, 1.54) is 6.07 Å². The second-order valence-corrected chi connectivity index (χ2v) is 18.6. The first-order chi connectivity index (χ1) is 35.3. The van der Waals surface area contributed by atoms with E-state index in [1.54, 1.807) is 50.3 Å². The summed E-state index contributed by atoms with van der Waals surface area (Å²) in [5.41, 5.74) is 4.36. The summed E-state index contributed by atoms with van der Waals surface area (Å²) in [6, 6.07) is 6.64. The molecule has 74 heavy (non-hydrogen) atoms. The molecule has 8 rings (SSSR count). The van der Waals surface area contributed by atoms with Crippen LogP contribution in [0.25, 0.3) is 16.6 Å². The number of carbonyl (C=O) groups excluding carboxylic acids is 9. The molecule has 1 aliphatic carbocycles. The number of carbonyl (C=O) groups is 10. The molecule has 3 aromatic rings. The Morgan fingerprint density at radius 1 is 0.878 bits per heavy atom. The highest BCUT2D eigenvalue weighted by Gasteiger charge is 2.47. The van der Waals surface area contributed by atoms with Gasteiger partial charge in [0.15, 0.2) is 5.60 Å². The number of aromatic nitrogens is 1. The molecule has 23 heteroatoms. The first-order valence-electron chi connectivity index (χ1n) is 24.1. The molecule has 0 saturated carbocycles. The lowest BCUT2D eigenvalue weighted by Crippen LogP contribution is -2.53. The number of aryl methyl sites for hydroxylation is 1. The van der Waals surface area contributed by atoms with E-state index in [2.05, 4.69) is 31.9 Å². The average Bonchev–Trinajstić information content (AvgIpc) is 3.90. The summed E-state index contributed by atoms with van der Waals surface area (Å²) in [5.74, 6) is -8.39. The van der Waals surface area contributed by atoms with Gasteiger partial charge in [0.1, 0.15) is 24.5 Å². The van der Waals surface area contributed by atoms with Crippen molar-refractivity contribution in [2.45, 2.75) is 89.1 Å². The Bertz CT molecular complexity index is 2980. The first-order valence-corrected chi connectivity index (χ1v) is 24.1. The number of hydrogen-bond donors (Lipinski definition) is 8. The van der Waals surface area contributed by atoms with Crippen molar-refractivity contribution < 1.29 is 67.3 Å². The number of amides is 8. The van der Waals surface area contributed by atoms with Crippen LogP contribution in [0.4, 0.5) is 4.39 Å². The van der Waals surface area contributed by atoms with Gasteiger partial charge in [-0.3, -0.25) is 48.1 Å². The predicted octanol–water partition coefficient (Wildman–Crippen LogP) is -0.309. The van der Waals surface area contributed by atoms with E-state index in [0.717, 1.165) is 44.7 Å². The van der Waals surface area contributed by atoms with Crippen LogP contribution in [0, 0.1) is 12.7 Å². The minimum atomic E-state index is -1.84. The molecule has 0 unspecified atom stereocenters. The minimum Gasteiger partial charge on any atom is -0.481 e. The molecule has 4 aliphatic heterocycles. The van der Waals surface area contributed by atoms with Gasteiger partial charge in [0.25, 0.3) is 11.8 Å². The fourth-order valence-electron chi connectivity index (χ4n) is 9.89. The lowest BCUT2D eigenvalue weighted by Gasteiger charge is -2.37. The molecule has 5 aliphatic rings. The fourth-order valence-corrected chi connectivity index (χ4v) is 9.89. The lowest BCUT2D eigenvalue weighted by molar-refractivity contribution is -0.163.